The normalized spacial score (nSPS) is 9.40. The predicted molar refractivity (Wildman–Crippen MR) is 56.3 cm³/mol. The minimum atomic E-state index is -0.847. The number of carbonyl (C=O) groups is 2. The number of amides is 1. The zero-order chi connectivity index (χ0) is 11.1. The number of anilines is 1. The number of rotatable bonds is 3. The van der Waals surface area contributed by atoms with Crippen LogP contribution in [0.15, 0.2) is 30.3 Å². The second-order valence-electron chi connectivity index (χ2n) is 2.96. The molecule has 80 valence electrons. The molecule has 0 saturated heterocycles. The number of benzene rings is 1. The van der Waals surface area contributed by atoms with Gasteiger partial charge in [0.15, 0.2) is 0 Å². The summed E-state index contributed by atoms with van der Waals surface area (Å²) in [7, 11) is 0. The minimum Gasteiger partial charge on any atom is -0.459 e. The molecule has 1 N–H and O–H groups in total. The van der Waals surface area contributed by atoms with Crippen LogP contribution < -0.4 is 5.32 Å². The summed E-state index contributed by atoms with van der Waals surface area (Å²) in [4.78, 5) is 22.3. The van der Waals surface area contributed by atoms with E-state index >= 15 is 0 Å². The summed E-state index contributed by atoms with van der Waals surface area (Å²) in [5.41, 5.74) is 0.580. The third-order valence-electron chi connectivity index (χ3n) is 1.65. The molecule has 0 radical (unpaired) electrons. The van der Waals surface area contributed by atoms with Crippen LogP contribution in [0.2, 0.25) is 0 Å². The van der Waals surface area contributed by atoms with Gasteiger partial charge in [0.2, 0.25) is 0 Å². The highest BCUT2D eigenvalue weighted by Gasteiger charge is 2.14. The number of nitrogens with one attached hydrogen (secondary N) is 1. The molecule has 4 heteroatoms. The smallest absolute Gasteiger partial charge is 0.397 e. The highest BCUT2D eigenvalue weighted by Crippen LogP contribution is 2.04. The summed E-state index contributed by atoms with van der Waals surface area (Å²) in [5, 5.41) is 2.44. The van der Waals surface area contributed by atoms with E-state index in [0.717, 1.165) is 0 Å². The number of carbonyl (C=O) groups excluding carboxylic acids is 2. The van der Waals surface area contributed by atoms with Gasteiger partial charge in [-0.15, -0.1) is 0 Å². The number of esters is 1. The van der Waals surface area contributed by atoms with E-state index in [9.17, 15) is 9.59 Å². The van der Waals surface area contributed by atoms with Gasteiger partial charge in [0.05, 0.1) is 6.61 Å². The van der Waals surface area contributed by atoms with Crippen molar-refractivity contribution in [1.29, 1.82) is 0 Å². The van der Waals surface area contributed by atoms with Gasteiger partial charge in [-0.1, -0.05) is 25.1 Å². The van der Waals surface area contributed by atoms with Crippen LogP contribution in [0.5, 0.6) is 0 Å². The Balaban J connectivity index is 2.45. The average molecular weight is 207 g/mol. The van der Waals surface area contributed by atoms with Gasteiger partial charge in [0.25, 0.3) is 0 Å². The zero-order valence-electron chi connectivity index (χ0n) is 8.53. The van der Waals surface area contributed by atoms with E-state index in [0.29, 0.717) is 12.1 Å². The van der Waals surface area contributed by atoms with E-state index in [1.54, 1.807) is 24.3 Å². The van der Waals surface area contributed by atoms with Crippen molar-refractivity contribution in [2.24, 2.45) is 0 Å². The van der Waals surface area contributed by atoms with Gasteiger partial charge in [-0.25, -0.2) is 4.79 Å². The monoisotopic (exact) mass is 207 g/mol. The van der Waals surface area contributed by atoms with E-state index in [1.807, 2.05) is 13.0 Å². The summed E-state index contributed by atoms with van der Waals surface area (Å²) in [6.07, 6.45) is 0.699. The number of ether oxygens (including phenoxy) is 1. The van der Waals surface area contributed by atoms with Gasteiger partial charge >= 0.3 is 11.9 Å². The van der Waals surface area contributed by atoms with Gasteiger partial charge in [0.1, 0.15) is 0 Å². The number of hydrogen-bond donors (Lipinski definition) is 1. The Labute approximate surface area is 88.2 Å². The maximum Gasteiger partial charge on any atom is 0.397 e. The highest BCUT2D eigenvalue weighted by molar-refractivity contribution is 6.37. The summed E-state index contributed by atoms with van der Waals surface area (Å²) in [6, 6.07) is 8.76. The Morgan fingerprint density at radius 3 is 2.53 bits per heavy atom. The predicted octanol–water partition coefficient (Wildman–Crippen LogP) is 1.58. The molecule has 0 fully saturated rings. The molecule has 1 aromatic rings. The van der Waals surface area contributed by atoms with Crippen LogP contribution in [0.3, 0.4) is 0 Å². The molecule has 0 bridgehead atoms. The van der Waals surface area contributed by atoms with Crippen LogP contribution in [0.1, 0.15) is 13.3 Å². The van der Waals surface area contributed by atoms with Crippen molar-refractivity contribution >= 4 is 17.6 Å². The quantitative estimate of drug-likeness (QED) is 0.604. The van der Waals surface area contributed by atoms with Crippen LogP contribution in [0.4, 0.5) is 5.69 Å². The zero-order valence-corrected chi connectivity index (χ0v) is 8.53. The first-order valence-electron chi connectivity index (χ1n) is 4.77. The minimum absolute atomic E-state index is 0.265. The Bertz CT molecular complexity index is 335. The SMILES string of the molecule is CCCOC(=O)C(=O)Nc1ccccc1. The second-order valence-corrected chi connectivity index (χ2v) is 2.96. The van der Waals surface area contributed by atoms with Crippen molar-refractivity contribution in [3.05, 3.63) is 30.3 Å². The van der Waals surface area contributed by atoms with Crippen LogP contribution in [0.25, 0.3) is 0 Å². The van der Waals surface area contributed by atoms with Crippen molar-refractivity contribution in [1.82, 2.24) is 0 Å². The fraction of sp³-hybridized carbons (Fsp3) is 0.273. The van der Waals surface area contributed by atoms with E-state index < -0.39 is 11.9 Å². The van der Waals surface area contributed by atoms with Crippen LogP contribution in [-0.4, -0.2) is 18.5 Å². The van der Waals surface area contributed by atoms with Gasteiger partial charge < -0.3 is 10.1 Å². The first kappa shape index (κ1) is 11.2. The molecule has 0 aromatic heterocycles. The maximum atomic E-state index is 11.2. The Kier molecular flexibility index (Phi) is 4.34. The van der Waals surface area contributed by atoms with Crippen molar-refractivity contribution in [2.45, 2.75) is 13.3 Å². The first-order valence-corrected chi connectivity index (χ1v) is 4.77. The molecule has 0 heterocycles. The fourth-order valence-electron chi connectivity index (χ4n) is 0.964. The molecule has 15 heavy (non-hydrogen) atoms. The third kappa shape index (κ3) is 3.81. The molecular weight excluding hydrogens is 194 g/mol. The molecule has 0 atom stereocenters. The summed E-state index contributed by atoms with van der Waals surface area (Å²) >= 11 is 0. The maximum absolute atomic E-state index is 11.2. The summed E-state index contributed by atoms with van der Waals surface area (Å²) in [5.74, 6) is -1.59. The molecule has 0 aliphatic heterocycles. The van der Waals surface area contributed by atoms with Gasteiger partial charge in [-0.3, -0.25) is 4.79 Å². The molecule has 0 spiro atoms. The molecule has 0 unspecified atom stereocenters. The van der Waals surface area contributed by atoms with Crippen LogP contribution in [-0.2, 0) is 14.3 Å². The molecule has 1 rings (SSSR count). The molecule has 0 aliphatic rings. The lowest BCUT2D eigenvalue weighted by Gasteiger charge is -2.04. The fourth-order valence-corrected chi connectivity index (χ4v) is 0.964. The lowest BCUT2D eigenvalue weighted by molar-refractivity contribution is -0.152. The largest absolute Gasteiger partial charge is 0.459 e. The average Bonchev–Trinajstić information content (AvgIpc) is 2.27. The van der Waals surface area contributed by atoms with E-state index in [-0.39, 0.29) is 6.61 Å². The summed E-state index contributed by atoms with van der Waals surface area (Å²) < 4.78 is 4.67. The Hall–Kier alpha value is -1.84. The number of hydrogen-bond acceptors (Lipinski definition) is 3. The third-order valence-corrected chi connectivity index (χ3v) is 1.65. The van der Waals surface area contributed by atoms with Gasteiger partial charge in [0, 0.05) is 5.69 Å². The van der Waals surface area contributed by atoms with E-state index in [2.05, 4.69) is 10.1 Å². The van der Waals surface area contributed by atoms with E-state index in [4.69, 9.17) is 0 Å². The highest BCUT2D eigenvalue weighted by atomic mass is 16.5. The first-order chi connectivity index (χ1) is 7.24. The Morgan fingerprint density at radius 1 is 1.27 bits per heavy atom. The molecule has 0 saturated carbocycles. The lowest BCUT2D eigenvalue weighted by Crippen LogP contribution is -2.25. The molecule has 0 aliphatic carbocycles. The lowest BCUT2D eigenvalue weighted by atomic mass is 10.3. The van der Waals surface area contributed by atoms with Crippen molar-refractivity contribution in [3.8, 4) is 0 Å². The molecule has 4 nitrogen and oxygen atoms in total. The van der Waals surface area contributed by atoms with Crippen LogP contribution >= 0.6 is 0 Å². The van der Waals surface area contributed by atoms with Gasteiger partial charge in [-0.05, 0) is 18.6 Å². The second kappa shape index (κ2) is 5.80. The summed E-state index contributed by atoms with van der Waals surface area (Å²) in [6.45, 7) is 2.13. The van der Waals surface area contributed by atoms with Crippen molar-refractivity contribution in [2.75, 3.05) is 11.9 Å². The molecule has 1 amide bonds. The Morgan fingerprint density at radius 2 is 1.93 bits per heavy atom. The molecular formula is C11H13NO3. The van der Waals surface area contributed by atoms with Gasteiger partial charge in [-0.2, -0.15) is 0 Å². The van der Waals surface area contributed by atoms with Crippen LogP contribution in [0, 0.1) is 0 Å². The number of para-hydroxylation sites is 1. The van der Waals surface area contributed by atoms with E-state index in [1.165, 1.54) is 0 Å². The van der Waals surface area contributed by atoms with Crippen molar-refractivity contribution < 1.29 is 14.3 Å². The standard InChI is InChI=1S/C11H13NO3/c1-2-8-15-11(14)10(13)12-9-6-4-3-5-7-9/h3-7H,2,8H2,1H3,(H,12,13). The van der Waals surface area contributed by atoms with Crippen molar-refractivity contribution in [3.63, 3.8) is 0 Å². The molecule has 1 aromatic carbocycles. The topological polar surface area (TPSA) is 55.4 Å².